The van der Waals surface area contributed by atoms with E-state index >= 15 is 0 Å². The van der Waals surface area contributed by atoms with Gasteiger partial charge in [-0.2, -0.15) is 0 Å². The van der Waals surface area contributed by atoms with Crippen LogP contribution in [0.25, 0.3) is 0 Å². The van der Waals surface area contributed by atoms with E-state index in [0.717, 1.165) is 32.1 Å². The molecule has 4 heteroatoms. The quantitative estimate of drug-likeness (QED) is 0.894. The Kier molecular flexibility index (Phi) is 4.45. The summed E-state index contributed by atoms with van der Waals surface area (Å²) in [6.45, 7) is 8.57. The average molecular weight is 289 g/mol. The molecule has 1 N–H and O–H groups in total. The van der Waals surface area contributed by atoms with Crippen molar-refractivity contribution in [3.63, 3.8) is 0 Å². The molecule has 2 heterocycles. The first kappa shape index (κ1) is 14.8. The summed E-state index contributed by atoms with van der Waals surface area (Å²) >= 11 is 0. The summed E-state index contributed by atoms with van der Waals surface area (Å²) in [4.78, 5) is 14.4. The standard InChI is InChI=1S/C17H27N3O/c1-13(2)15-12-20(16(11-18-15)14-6-7-14)10-9-19-8-4-3-5-17(19)21/h3-5,8,13-16,18H,6-7,9-12H2,1-2H3. The normalized spacial score (nSPS) is 27.2. The van der Waals surface area contributed by atoms with E-state index in [-0.39, 0.29) is 5.56 Å². The lowest BCUT2D eigenvalue weighted by Gasteiger charge is -2.42. The Labute approximate surface area is 127 Å². The van der Waals surface area contributed by atoms with Crippen molar-refractivity contribution >= 4 is 0 Å². The van der Waals surface area contributed by atoms with E-state index in [1.165, 1.54) is 12.8 Å². The van der Waals surface area contributed by atoms with E-state index < -0.39 is 0 Å². The van der Waals surface area contributed by atoms with Crippen LogP contribution in [0.2, 0.25) is 0 Å². The van der Waals surface area contributed by atoms with Crippen LogP contribution in [0.5, 0.6) is 0 Å². The van der Waals surface area contributed by atoms with Crippen molar-refractivity contribution in [2.75, 3.05) is 19.6 Å². The van der Waals surface area contributed by atoms with Crippen LogP contribution in [0, 0.1) is 11.8 Å². The highest BCUT2D eigenvalue weighted by Gasteiger charge is 2.38. The summed E-state index contributed by atoms with van der Waals surface area (Å²) < 4.78 is 1.83. The molecule has 1 aromatic heterocycles. The van der Waals surface area contributed by atoms with Crippen molar-refractivity contribution in [1.82, 2.24) is 14.8 Å². The van der Waals surface area contributed by atoms with Gasteiger partial charge in [0.2, 0.25) is 0 Å². The Morgan fingerprint density at radius 1 is 1.29 bits per heavy atom. The minimum absolute atomic E-state index is 0.107. The topological polar surface area (TPSA) is 37.3 Å². The van der Waals surface area contributed by atoms with Gasteiger partial charge in [0.25, 0.3) is 5.56 Å². The molecule has 0 bridgehead atoms. The van der Waals surface area contributed by atoms with Crippen molar-refractivity contribution in [1.29, 1.82) is 0 Å². The zero-order valence-electron chi connectivity index (χ0n) is 13.2. The van der Waals surface area contributed by atoms with Crippen LogP contribution in [0.1, 0.15) is 26.7 Å². The highest BCUT2D eigenvalue weighted by Crippen LogP contribution is 2.36. The minimum atomic E-state index is 0.107. The van der Waals surface area contributed by atoms with Crippen molar-refractivity contribution in [3.05, 3.63) is 34.7 Å². The molecule has 1 aliphatic heterocycles. The Morgan fingerprint density at radius 2 is 2.10 bits per heavy atom. The van der Waals surface area contributed by atoms with E-state index in [0.29, 0.717) is 18.0 Å². The molecule has 1 saturated carbocycles. The lowest BCUT2D eigenvalue weighted by molar-refractivity contribution is 0.0957. The summed E-state index contributed by atoms with van der Waals surface area (Å²) in [5.41, 5.74) is 0.107. The molecular weight excluding hydrogens is 262 g/mol. The summed E-state index contributed by atoms with van der Waals surface area (Å²) in [6, 6.07) is 6.64. The molecule has 2 aliphatic rings. The third-order valence-corrected chi connectivity index (χ3v) is 4.99. The second kappa shape index (κ2) is 6.32. The lowest BCUT2D eigenvalue weighted by atomic mass is 9.97. The number of aromatic nitrogens is 1. The predicted octanol–water partition coefficient (Wildman–Crippen LogP) is 1.56. The largest absolute Gasteiger partial charge is 0.314 e. The summed E-state index contributed by atoms with van der Waals surface area (Å²) in [7, 11) is 0. The van der Waals surface area contributed by atoms with Crippen LogP contribution in [0.4, 0.5) is 0 Å². The number of piperazine rings is 1. The summed E-state index contributed by atoms with van der Waals surface area (Å²) in [6.07, 6.45) is 4.65. The fourth-order valence-electron chi connectivity index (χ4n) is 3.38. The molecule has 21 heavy (non-hydrogen) atoms. The molecule has 1 saturated heterocycles. The van der Waals surface area contributed by atoms with Gasteiger partial charge in [-0.05, 0) is 30.7 Å². The molecule has 2 fully saturated rings. The van der Waals surface area contributed by atoms with E-state index in [4.69, 9.17) is 0 Å². The SMILES string of the molecule is CC(C)C1CN(CCn2ccccc2=O)C(C2CC2)CN1. The van der Waals surface area contributed by atoms with Crippen molar-refractivity contribution in [2.24, 2.45) is 11.8 Å². The number of hydrogen-bond donors (Lipinski definition) is 1. The molecule has 2 unspecified atom stereocenters. The second-order valence-corrected chi connectivity index (χ2v) is 6.89. The van der Waals surface area contributed by atoms with Crippen molar-refractivity contribution in [3.8, 4) is 0 Å². The highest BCUT2D eigenvalue weighted by molar-refractivity contribution is 4.97. The van der Waals surface area contributed by atoms with Gasteiger partial charge in [-0.3, -0.25) is 9.69 Å². The number of nitrogens with one attached hydrogen (secondary N) is 1. The molecule has 3 rings (SSSR count). The van der Waals surface area contributed by atoms with Gasteiger partial charge in [0.1, 0.15) is 0 Å². The van der Waals surface area contributed by atoms with Crippen LogP contribution >= 0.6 is 0 Å². The molecule has 1 aromatic rings. The smallest absolute Gasteiger partial charge is 0.250 e. The Morgan fingerprint density at radius 3 is 2.76 bits per heavy atom. The van der Waals surface area contributed by atoms with Gasteiger partial charge in [-0.25, -0.2) is 0 Å². The van der Waals surface area contributed by atoms with Crippen LogP contribution < -0.4 is 10.9 Å². The maximum absolute atomic E-state index is 11.8. The van der Waals surface area contributed by atoms with E-state index in [1.807, 2.05) is 22.9 Å². The summed E-state index contributed by atoms with van der Waals surface area (Å²) in [5, 5.41) is 3.72. The van der Waals surface area contributed by atoms with E-state index in [9.17, 15) is 4.79 Å². The Balaban J connectivity index is 1.65. The average Bonchev–Trinajstić information content (AvgIpc) is 3.30. The molecule has 2 atom stereocenters. The molecule has 116 valence electrons. The van der Waals surface area contributed by atoms with Gasteiger partial charge in [0.15, 0.2) is 0 Å². The van der Waals surface area contributed by atoms with Gasteiger partial charge in [-0.1, -0.05) is 19.9 Å². The van der Waals surface area contributed by atoms with Gasteiger partial charge >= 0.3 is 0 Å². The van der Waals surface area contributed by atoms with Crippen molar-refractivity contribution < 1.29 is 0 Å². The minimum Gasteiger partial charge on any atom is -0.314 e. The van der Waals surface area contributed by atoms with Crippen molar-refractivity contribution in [2.45, 2.75) is 45.3 Å². The van der Waals surface area contributed by atoms with E-state index in [1.54, 1.807) is 6.07 Å². The maximum atomic E-state index is 11.8. The first-order valence-electron chi connectivity index (χ1n) is 8.28. The van der Waals surface area contributed by atoms with Gasteiger partial charge in [-0.15, -0.1) is 0 Å². The van der Waals surface area contributed by atoms with Crippen LogP contribution in [-0.4, -0.2) is 41.2 Å². The number of hydrogen-bond acceptors (Lipinski definition) is 3. The van der Waals surface area contributed by atoms with Crippen LogP contribution in [0.15, 0.2) is 29.2 Å². The maximum Gasteiger partial charge on any atom is 0.250 e. The lowest BCUT2D eigenvalue weighted by Crippen LogP contribution is -2.59. The second-order valence-electron chi connectivity index (χ2n) is 6.89. The highest BCUT2D eigenvalue weighted by atomic mass is 16.1. The summed E-state index contributed by atoms with van der Waals surface area (Å²) in [5.74, 6) is 1.53. The molecule has 4 nitrogen and oxygen atoms in total. The number of pyridine rings is 1. The Hall–Kier alpha value is -1.13. The number of rotatable bonds is 5. The molecule has 0 radical (unpaired) electrons. The van der Waals surface area contributed by atoms with Gasteiger partial charge in [0, 0.05) is 50.5 Å². The first-order chi connectivity index (χ1) is 10.1. The zero-order valence-corrected chi connectivity index (χ0v) is 13.2. The van der Waals surface area contributed by atoms with Crippen LogP contribution in [0.3, 0.4) is 0 Å². The first-order valence-corrected chi connectivity index (χ1v) is 8.28. The molecule has 1 aliphatic carbocycles. The van der Waals surface area contributed by atoms with Gasteiger partial charge in [0.05, 0.1) is 0 Å². The molecule has 0 spiro atoms. The monoisotopic (exact) mass is 289 g/mol. The van der Waals surface area contributed by atoms with Gasteiger partial charge < -0.3 is 9.88 Å². The van der Waals surface area contributed by atoms with E-state index in [2.05, 4.69) is 24.1 Å². The molecular formula is C17H27N3O. The predicted molar refractivity (Wildman–Crippen MR) is 85.4 cm³/mol. The number of nitrogens with zero attached hydrogens (tertiary/aromatic N) is 2. The third-order valence-electron chi connectivity index (χ3n) is 4.99. The third kappa shape index (κ3) is 3.55. The fourth-order valence-corrected chi connectivity index (χ4v) is 3.38. The molecule has 0 aromatic carbocycles. The van der Waals surface area contributed by atoms with Crippen LogP contribution in [-0.2, 0) is 6.54 Å². The Bertz CT molecular complexity index is 521. The zero-order chi connectivity index (χ0) is 14.8. The molecule has 0 amide bonds. The fraction of sp³-hybridized carbons (Fsp3) is 0.706.